The molecule has 0 bridgehead atoms. The zero-order valence-electron chi connectivity index (χ0n) is 11.0. The molecule has 1 aliphatic rings. The van der Waals surface area contributed by atoms with Crippen LogP contribution in [0.15, 0.2) is 0 Å². The van der Waals surface area contributed by atoms with Gasteiger partial charge in [-0.25, -0.2) is 0 Å². The number of carbonyl (C=O) groups is 1. The Balaban J connectivity index is 1.92. The Hall–Kier alpha value is -0.220. The lowest BCUT2D eigenvalue weighted by Crippen LogP contribution is -2.41. The summed E-state index contributed by atoms with van der Waals surface area (Å²) in [5, 5.41) is 3.26. The molecule has 1 heterocycles. The normalized spacial score (nSPS) is 16.2. The van der Waals surface area contributed by atoms with Crippen LogP contribution in [0.1, 0.15) is 38.5 Å². The SMILES string of the molecule is CSCCCCCNCC(=O)N1CCCCC1. The molecule has 1 fully saturated rings. The van der Waals surface area contributed by atoms with Gasteiger partial charge < -0.3 is 10.2 Å². The molecule has 0 aliphatic carbocycles. The molecule has 17 heavy (non-hydrogen) atoms. The maximum atomic E-state index is 11.8. The maximum absolute atomic E-state index is 11.8. The molecule has 3 nitrogen and oxygen atoms in total. The summed E-state index contributed by atoms with van der Waals surface area (Å²) in [6.07, 6.45) is 9.55. The molecular weight excluding hydrogens is 232 g/mol. The largest absolute Gasteiger partial charge is 0.342 e. The Morgan fingerprint density at radius 2 is 1.94 bits per heavy atom. The van der Waals surface area contributed by atoms with Crippen LogP contribution in [-0.4, -0.2) is 49.0 Å². The molecule has 0 unspecified atom stereocenters. The first-order chi connectivity index (χ1) is 8.34. The second-order valence-corrected chi connectivity index (χ2v) is 5.66. The summed E-state index contributed by atoms with van der Waals surface area (Å²) in [6, 6.07) is 0. The maximum Gasteiger partial charge on any atom is 0.236 e. The molecule has 0 radical (unpaired) electrons. The lowest BCUT2D eigenvalue weighted by molar-refractivity contribution is -0.131. The molecule has 4 heteroatoms. The van der Waals surface area contributed by atoms with E-state index in [0.717, 1.165) is 19.6 Å². The Bertz CT molecular complexity index is 206. The van der Waals surface area contributed by atoms with E-state index in [1.54, 1.807) is 0 Å². The van der Waals surface area contributed by atoms with Gasteiger partial charge in [-0.05, 0) is 50.7 Å². The summed E-state index contributed by atoms with van der Waals surface area (Å²) in [4.78, 5) is 13.8. The summed E-state index contributed by atoms with van der Waals surface area (Å²) in [6.45, 7) is 3.44. The van der Waals surface area contributed by atoms with E-state index in [9.17, 15) is 4.79 Å². The molecule has 0 saturated carbocycles. The van der Waals surface area contributed by atoms with Crippen LogP contribution in [-0.2, 0) is 4.79 Å². The lowest BCUT2D eigenvalue weighted by Gasteiger charge is -2.26. The monoisotopic (exact) mass is 258 g/mol. The van der Waals surface area contributed by atoms with Gasteiger partial charge in [0.1, 0.15) is 0 Å². The number of rotatable bonds is 8. The summed E-state index contributed by atoms with van der Waals surface area (Å²) in [7, 11) is 0. The molecular formula is C13H26N2OS. The van der Waals surface area contributed by atoms with Crippen LogP contribution in [0, 0.1) is 0 Å². The number of likely N-dealkylation sites (tertiary alicyclic amines) is 1. The molecule has 1 saturated heterocycles. The van der Waals surface area contributed by atoms with E-state index in [0.29, 0.717) is 6.54 Å². The first-order valence-corrected chi connectivity index (χ1v) is 8.21. The first kappa shape index (κ1) is 14.8. The van der Waals surface area contributed by atoms with Gasteiger partial charge in [0.05, 0.1) is 6.54 Å². The molecule has 0 aromatic heterocycles. The number of carbonyl (C=O) groups excluding carboxylic acids is 1. The highest BCUT2D eigenvalue weighted by Gasteiger charge is 2.15. The van der Waals surface area contributed by atoms with Crippen molar-refractivity contribution in [3.05, 3.63) is 0 Å². The smallest absolute Gasteiger partial charge is 0.236 e. The van der Waals surface area contributed by atoms with E-state index in [-0.39, 0.29) is 5.91 Å². The number of thioether (sulfide) groups is 1. The van der Waals surface area contributed by atoms with Crippen LogP contribution in [0.3, 0.4) is 0 Å². The number of hydrogen-bond donors (Lipinski definition) is 1. The van der Waals surface area contributed by atoms with E-state index in [1.165, 1.54) is 44.3 Å². The van der Waals surface area contributed by atoms with Gasteiger partial charge in [0, 0.05) is 13.1 Å². The summed E-state index contributed by atoms with van der Waals surface area (Å²) >= 11 is 1.91. The van der Waals surface area contributed by atoms with Crippen molar-refractivity contribution in [2.24, 2.45) is 0 Å². The van der Waals surface area contributed by atoms with Gasteiger partial charge in [-0.15, -0.1) is 0 Å². The van der Waals surface area contributed by atoms with E-state index in [1.807, 2.05) is 16.7 Å². The molecule has 1 amide bonds. The Morgan fingerprint density at radius 1 is 1.18 bits per heavy atom. The Labute approximate surface area is 110 Å². The lowest BCUT2D eigenvalue weighted by atomic mass is 10.1. The van der Waals surface area contributed by atoms with E-state index in [2.05, 4.69) is 11.6 Å². The number of unbranched alkanes of at least 4 members (excludes halogenated alkanes) is 2. The highest BCUT2D eigenvalue weighted by atomic mass is 32.2. The van der Waals surface area contributed by atoms with Crippen LogP contribution in [0.25, 0.3) is 0 Å². The van der Waals surface area contributed by atoms with Gasteiger partial charge in [0.25, 0.3) is 0 Å². The fourth-order valence-electron chi connectivity index (χ4n) is 2.12. The van der Waals surface area contributed by atoms with Crippen LogP contribution >= 0.6 is 11.8 Å². The summed E-state index contributed by atoms with van der Waals surface area (Å²) in [5.41, 5.74) is 0. The highest BCUT2D eigenvalue weighted by Crippen LogP contribution is 2.08. The average Bonchev–Trinajstić information content (AvgIpc) is 2.38. The molecule has 0 aromatic rings. The van der Waals surface area contributed by atoms with Crippen molar-refractivity contribution in [3.63, 3.8) is 0 Å². The number of piperidine rings is 1. The quantitative estimate of drug-likeness (QED) is 0.677. The van der Waals surface area contributed by atoms with Gasteiger partial charge in [-0.3, -0.25) is 4.79 Å². The third-order valence-corrected chi connectivity index (χ3v) is 3.88. The summed E-state index contributed by atoms with van der Waals surface area (Å²) in [5.74, 6) is 1.54. The third kappa shape index (κ3) is 6.94. The molecule has 1 N–H and O–H groups in total. The van der Waals surface area contributed by atoms with Crippen LogP contribution < -0.4 is 5.32 Å². The molecule has 0 aromatic carbocycles. The number of hydrogen-bond acceptors (Lipinski definition) is 3. The molecule has 1 aliphatic heterocycles. The van der Waals surface area contributed by atoms with Crippen molar-refractivity contribution in [2.45, 2.75) is 38.5 Å². The van der Waals surface area contributed by atoms with E-state index in [4.69, 9.17) is 0 Å². The highest BCUT2D eigenvalue weighted by molar-refractivity contribution is 7.98. The van der Waals surface area contributed by atoms with Gasteiger partial charge in [0.2, 0.25) is 5.91 Å². The number of amides is 1. The molecule has 0 spiro atoms. The number of nitrogens with zero attached hydrogens (tertiary/aromatic N) is 1. The molecule has 0 atom stereocenters. The topological polar surface area (TPSA) is 32.3 Å². The standard InChI is InChI=1S/C13H26N2OS/c1-17-11-7-2-4-8-14-12-13(16)15-9-5-3-6-10-15/h14H,2-12H2,1H3. The average molecular weight is 258 g/mol. The van der Waals surface area contributed by atoms with Crippen molar-refractivity contribution in [1.82, 2.24) is 10.2 Å². The van der Waals surface area contributed by atoms with Crippen LogP contribution in [0.2, 0.25) is 0 Å². The predicted molar refractivity (Wildman–Crippen MR) is 75.5 cm³/mol. The zero-order chi connectivity index (χ0) is 12.3. The van der Waals surface area contributed by atoms with Crippen molar-refractivity contribution in [2.75, 3.05) is 38.2 Å². The minimum absolute atomic E-state index is 0.286. The minimum Gasteiger partial charge on any atom is -0.342 e. The first-order valence-electron chi connectivity index (χ1n) is 6.82. The Morgan fingerprint density at radius 3 is 2.65 bits per heavy atom. The minimum atomic E-state index is 0.286. The van der Waals surface area contributed by atoms with Crippen LogP contribution in [0.5, 0.6) is 0 Å². The van der Waals surface area contributed by atoms with Crippen molar-refractivity contribution in [1.29, 1.82) is 0 Å². The van der Waals surface area contributed by atoms with Crippen molar-refractivity contribution < 1.29 is 4.79 Å². The third-order valence-electron chi connectivity index (χ3n) is 3.19. The van der Waals surface area contributed by atoms with Gasteiger partial charge in [-0.1, -0.05) is 6.42 Å². The molecule has 1 rings (SSSR count). The van der Waals surface area contributed by atoms with E-state index < -0.39 is 0 Å². The second-order valence-electron chi connectivity index (χ2n) is 4.67. The molecule has 100 valence electrons. The van der Waals surface area contributed by atoms with Crippen molar-refractivity contribution >= 4 is 17.7 Å². The number of nitrogens with one attached hydrogen (secondary N) is 1. The summed E-state index contributed by atoms with van der Waals surface area (Å²) < 4.78 is 0. The van der Waals surface area contributed by atoms with E-state index >= 15 is 0 Å². The van der Waals surface area contributed by atoms with Gasteiger partial charge in [-0.2, -0.15) is 11.8 Å². The van der Waals surface area contributed by atoms with Gasteiger partial charge in [0.15, 0.2) is 0 Å². The van der Waals surface area contributed by atoms with Crippen LogP contribution in [0.4, 0.5) is 0 Å². The predicted octanol–water partition coefficient (Wildman–Crippen LogP) is 2.12. The second kappa shape index (κ2) is 9.77. The zero-order valence-corrected chi connectivity index (χ0v) is 11.9. The fourth-order valence-corrected chi connectivity index (χ4v) is 2.62. The van der Waals surface area contributed by atoms with Crippen molar-refractivity contribution in [3.8, 4) is 0 Å². The fraction of sp³-hybridized carbons (Fsp3) is 0.923. The Kier molecular flexibility index (Phi) is 8.53. The van der Waals surface area contributed by atoms with Gasteiger partial charge >= 0.3 is 0 Å².